The first kappa shape index (κ1) is 20.2. The Morgan fingerprint density at radius 1 is 1.24 bits per heavy atom. The van der Waals surface area contributed by atoms with Crippen LogP contribution in [-0.2, 0) is 29.9 Å². The molecule has 0 spiro atoms. The minimum absolute atomic E-state index is 0.130. The van der Waals surface area contributed by atoms with Crippen LogP contribution in [0.2, 0.25) is 0 Å². The van der Waals surface area contributed by atoms with Crippen LogP contribution in [-0.4, -0.2) is 31.8 Å². The van der Waals surface area contributed by atoms with Crippen molar-refractivity contribution in [3.05, 3.63) is 35.9 Å². The molecule has 5 nitrogen and oxygen atoms in total. The van der Waals surface area contributed by atoms with Crippen molar-refractivity contribution in [2.75, 3.05) is 6.61 Å². The largest absolute Gasteiger partial charge is 0.459 e. The van der Waals surface area contributed by atoms with Crippen molar-refractivity contribution in [2.45, 2.75) is 57.5 Å². The summed E-state index contributed by atoms with van der Waals surface area (Å²) >= 11 is 0. The average molecular weight is 389 g/mol. The smallest absolute Gasteiger partial charge is 0.311 e. The Morgan fingerprint density at radius 3 is 2.32 bits per heavy atom. The maximum atomic E-state index is 12.2. The lowest BCUT2D eigenvalue weighted by atomic mass is 9.97. The third kappa shape index (κ3) is 5.69. The second kappa shape index (κ2) is 7.64. The molecule has 25 heavy (non-hydrogen) atoms. The molecule has 0 heterocycles. The molecule has 7 heteroatoms. The van der Waals surface area contributed by atoms with Gasteiger partial charge in [0, 0.05) is 17.1 Å². The third-order valence-corrected chi connectivity index (χ3v) is 6.82. The van der Waals surface area contributed by atoms with Gasteiger partial charge in [-0.15, -0.1) is 0 Å². The molecule has 1 aliphatic carbocycles. The summed E-state index contributed by atoms with van der Waals surface area (Å²) < 4.78 is 33.8. The summed E-state index contributed by atoms with van der Waals surface area (Å²) in [6, 6.07) is 9.60. The van der Waals surface area contributed by atoms with E-state index in [-0.39, 0.29) is 19.0 Å². The van der Waals surface area contributed by atoms with E-state index in [1.54, 1.807) is 20.8 Å². The minimum Gasteiger partial charge on any atom is -0.459 e. The average Bonchev–Trinajstić information content (AvgIpc) is 3.28. The summed E-state index contributed by atoms with van der Waals surface area (Å²) in [4.78, 5) is 12.2. The third-order valence-electron chi connectivity index (χ3n) is 4.23. The van der Waals surface area contributed by atoms with Crippen LogP contribution in [0, 0.1) is 5.41 Å². The fourth-order valence-electron chi connectivity index (χ4n) is 2.45. The Balaban J connectivity index is 2.00. The number of esters is 1. The normalized spacial score (nSPS) is 17.8. The number of rotatable bonds is 8. The van der Waals surface area contributed by atoms with Crippen LogP contribution in [0.4, 0.5) is 0 Å². The van der Waals surface area contributed by atoms with E-state index < -0.39 is 25.3 Å². The summed E-state index contributed by atoms with van der Waals surface area (Å²) in [6.45, 7) is 5.75. The summed E-state index contributed by atoms with van der Waals surface area (Å²) in [5.74, 6) is -0.386. The highest BCUT2D eigenvalue weighted by molar-refractivity contribution is 8.15. The monoisotopic (exact) mass is 388 g/mol. The molecular weight excluding hydrogens is 364 g/mol. The summed E-state index contributed by atoms with van der Waals surface area (Å²) in [7, 11) is 1.87. The molecule has 0 unspecified atom stereocenters. The van der Waals surface area contributed by atoms with E-state index in [4.69, 9.17) is 20.2 Å². The first-order valence-electron chi connectivity index (χ1n) is 8.30. The highest BCUT2D eigenvalue weighted by atomic mass is 35.7. The fourth-order valence-corrected chi connectivity index (χ4v) is 4.07. The van der Waals surface area contributed by atoms with Gasteiger partial charge >= 0.3 is 5.97 Å². The Hall–Kier alpha value is -1.11. The molecule has 140 valence electrons. The van der Waals surface area contributed by atoms with E-state index in [1.807, 2.05) is 30.3 Å². The van der Waals surface area contributed by atoms with Crippen molar-refractivity contribution in [3.63, 3.8) is 0 Å². The van der Waals surface area contributed by atoms with Crippen LogP contribution in [0.5, 0.6) is 0 Å². The summed E-state index contributed by atoms with van der Waals surface area (Å²) in [6.07, 6.45) is 0.490. The highest BCUT2D eigenvalue weighted by Gasteiger charge is 2.55. The van der Waals surface area contributed by atoms with Gasteiger partial charge in [0.25, 0.3) is 0 Å². The molecule has 1 atom stereocenters. The SMILES string of the molecule is CC(C)(C)C(=O)O[C@H](COCc1ccccc1)CC1(S(=O)(=O)Cl)CC1. The van der Waals surface area contributed by atoms with E-state index >= 15 is 0 Å². The van der Waals surface area contributed by atoms with Crippen LogP contribution in [0.3, 0.4) is 0 Å². The molecule has 0 radical (unpaired) electrons. The molecule has 0 bridgehead atoms. The van der Waals surface area contributed by atoms with Crippen molar-refractivity contribution in [1.29, 1.82) is 0 Å². The van der Waals surface area contributed by atoms with Gasteiger partial charge in [0.05, 0.1) is 23.4 Å². The van der Waals surface area contributed by atoms with Gasteiger partial charge in [-0.2, -0.15) is 0 Å². The van der Waals surface area contributed by atoms with Crippen molar-refractivity contribution < 1.29 is 22.7 Å². The number of benzene rings is 1. The molecule has 2 rings (SSSR count). The van der Waals surface area contributed by atoms with Crippen LogP contribution >= 0.6 is 10.7 Å². The number of carbonyl (C=O) groups is 1. The summed E-state index contributed by atoms with van der Waals surface area (Å²) in [5, 5.41) is 0. The van der Waals surface area contributed by atoms with Crippen molar-refractivity contribution in [3.8, 4) is 0 Å². The van der Waals surface area contributed by atoms with Gasteiger partial charge in [0.1, 0.15) is 6.10 Å². The molecular formula is C18H25ClO5S. The van der Waals surface area contributed by atoms with E-state index in [2.05, 4.69) is 0 Å². The number of halogens is 1. The molecule has 0 aliphatic heterocycles. The quantitative estimate of drug-likeness (QED) is 0.502. The van der Waals surface area contributed by atoms with Crippen molar-refractivity contribution in [1.82, 2.24) is 0 Å². The zero-order valence-corrected chi connectivity index (χ0v) is 16.4. The standard InChI is InChI=1S/C18H25ClO5S/c1-17(2,3)16(20)24-15(11-18(9-10-18)25(19,21)22)13-23-12-14-7-5-4-6-8-14/h4-8,15H,9-13H2,1-3H3/t15-/m0/s1. The van der Waals surface area contributed by atoms with Crippen molar-refractivity contribution in [2.24, 2.45) is 5.41 Å². The Morgan fingerprint density at radius 2 is 1.84 bits per heavy atom. The first-order chi connectivity index (χ1) is 11.5. The maximum absolute atomic E-state index is 12.2. The lowest BCUT2D eigenvalue weighted by Crippen LogP contribution is -2.35. The second-order valence-corrected chi connectivity index (χ2v) is 10.6. The molecule has 0 aromatic heterocycles. The van der Waals surface area contributed by atoms with Crippen LogP contribution in [0.1, 0.15) is 45.6 Å². The number of hydrogen-bond donors (Lipinski definition) is 0. The zero-order chi connectivity index (χ0) is 18.7. The Kier molecular flexibility index (Phi) is 6.17. The predicted molar refractivity (Wildman–Crippen MR) is 96.8 cm³/mol. The number of carbonyl (C=O) groups excluding carboxylic acids is 1. The molecule has 1 aliphatic rings. The van der Waals surface area contributed by atoms with E-state index in [0.717, 1.165) is 5.56 Å². The summed E-state index contributed by atoms with van der Waals surface area (Å²) in [5.41, 5.74) is 0.323. The lowest BCUT2D eigenvalue weighted by Gasteiger charge is -2.25. The topological polar surface area (TPSA) is 69.7 Å². The van der Waals surface area contributed by atoms with Gasteiger partial charge in [0.15, 0.2) is 0 Å². The lowest BCUT2D eigenvalue weighted by molar-refractivity contribution is -0.162. The van der Waals surface area contributed by atoms with Crippen LogP contribution in [0.25, 0.3) is 0 Å². The van der Waals surface area contributed by atoms with Crippen molar-refractivity contribution >= 4 is 25.7 Å². The molecule has 0 N–H and O–H groups in total. The Bertz CT molecular complexity index is 690. The van der Waals surface area contributed by atoms with E-state index in [0.29, 0.717) is 19.4 Å². The van der Waals surface area contributed by atoms with Crippen LogP contribution in [0.15, 0.2) is 30.3 Å². The highest BCUT2D eigenvalue weighted by Crippen LogP contribution is 2.49. The molecule has 1 aromatic rings. The maximum Gasteiger partial charge on any atom is 0.311 e. The zero-order valence-electron chi connectivity index (χ0n) is 14.8. The molecule has 1 fully saturated rings. The molecule has 0 saturated heterocycles. The molecule has 0 amide bonds. The van der Waals surface area contributed by atoms with Gasteiger partial charge in [-0.05, 0) is 39.2 Å². The van der Waals surface area contributed by atoms with Gasteiger partial charge in [0.2, 0.25) is 9.05 Å². The first-order valence-corrected chi connectivity index (χ1v) is 10.6. The number of ether oxygens (including phenoxy) is 2. The minimum atomic E-state index is -3.71. The van der Waals surface area contributed by atoms with E-state index in [1.165, 1.54) is 0 Å². The van der Waals surface area contributed by atoms with Gasteiger partial charge < -0.3 is 9.47 Å². The fraction of sp³-hybridized carbons (Fsp3) is 0.611. The Labute approximate surface area is 154 Å². The number of hydrogen-bond acceptors (Lipinski definition) is 5. The van der Waals surface area contributed by atoms with Crippen LogP contribution < -0.4 is 0 Å². The molecule has 1 aromatic carbocycles. The van der Waals surface area contributed by atoms with Gasteiger partial charge in [-0.25, -0.2) is 8.42 Å². The van der Waals surface area contributed by atoms with Gasteiger partial charge in [-0.1, -0.05) is 30.3 Å². The second-order valence-electron chi connectivity index (χ2n) is 7.60. The molecule has 1 saturated carbocycles. The van der Waals surface area contributed by atoms with Gasteiger partial charge in [-0.3, -0.25) is 4.79 Å². The van der Waals surface area contributed by atoms with E-state index in [9.17, 15) is 13.2 Å². The predicted octanol–water partition coefficient (Wildman–Crippen LogP) is 3.65.